The fourth-order valence-electron chi connectivity index (χ4n) is 1.74. The second-order valence-corrected chi connectivity index (χ2v) is 6.12. The van der Waals surface area contributed by atoms with E-state index < -0.39 is 23.8 Å². The van der Waals surface area contributed by atoms with Crippen molar-refractivity contribution in [2.24, 2.45) is 0 Å². The lowest BCUT2D eigenvalue weighted by atomic mass is 10.1. The van der Waals surface area contributed by atoms with Crippen LogP contribution in [0.1, 0.15) is 40.0 Å². The molecule has 8 nitrogen and oxygen atoms in total. The molecule has 3 N–H and O–H groups in total. The van der Waals surface area contributed by atoms with Gasteiger partial charge in [-0.2, -0.15) is 0 Å². The first-order valence-electron chi connectivity index (χ1n) is 7.92. The van der Waals surface area contributed by atoms with E-state index in [-0.39, 0.29) is 12.5 Å². The van der Waals surface area contributed by atoms with Crippen LogP contribution in [0, 0.1) is 0 Å². The van der Waals surface area contributed by atoms with Crippen LogP contribution >= 0.6 is 0 Å². The van der Waals surface area contributed by atoms with Crippen LogP contribution < -0.4 is 16.0 Å². The summed E-state index contributed by atoms with van der Waals surface area (Å²) < 4.78 is 9.92. The van der Waals surface area contributed by atoms with E-state index in [1.165, 1.54) is 13.1 Å². The third kappa shape index (κ3) is 11.3. The Morgan fingerprint density at radius 3 is 2.38 bits per heavy atom. The Morgan fingerprint density at radius 2 is 1.83 bits per heavy atom. The van der Waals surface area contributed by atoms with Crippen molar-refractivity contribution in [1.82, 2.24) is 16.0 Å². The average Bonchev–Trinajstić information content (AvgIpc) is 2.48. The van der Waals surface area contributed by atoms with Crippen molar-refractivity contribution in [1.29, 1.82) is 0 Å². The SMILES string of the molecule is C=CCOC(=O)NCCCC[C@@H](NC(=O)OC(C)(C)C)C(=O)NC. The number of amides is 3. The molecule has 0 aliphatic carbocycles. The first kappa shape index (κ1) is 21.8. The molecule has 0 heterocycles. The predicted octanol–water partition coefficient (Wildman–Crippen LogP) is 1.71. The largest absolute Gasteiger partial charge is 0.445 e. The topological polar surface area (TPSA) is 106 Å². The molecule has 0 saturated heterocycles. The smallest absolute Gasteiger partial charge is 0.408 e. The van der Waals surface area contributed by atoms with Gasteiger partial charge in [-0.3, -0.25) is 4.79 Å². The summed E-state index contributed by atoms with van der Waals surface area (Å²) >= 11 is 0. The molecule has 138 valence electrons. The lowest BCUT2D eigenvalue weighted by Gasteiger charge is -2.23. The molecule has 0 aromatic heterocycles. The number of alkyl carbamates (subject to hydrolysis) is 2. The molecule has 3 amide bonds. The van der Waals surface area contributed by atoms with Gasteiger partial charge in [-0.15, -0.1) is 0 Å². The van der Waals surface area contributed by atoms with Crippen molar-refractivity contribution in [3.63, 3.8) is 0 Å². The fourth-order valence-corrected chi connectivity index (χ4v) is 1.74. The summed E-state index contributed by atoms with van der Waals surface area (Å²) in [7, 11) is 1.50. The Labute approximate surface area is 143 Å². The fraction of sp³-hybridized carbons (Fsp3) is 0.688. The highest BCUT2D eigenvalue weighted by molar-refractivity contribution is 5.85. The van der Waals surface area contributed by atoms with Gasteiger partial charge < -0.3 is 25.4 Å². The van der Waals surface area contributed by atoms with E-state index in [1.54, 1.807) is 20.8 Å². The molecule has 0 saturated carbocycles. The predicted molar refractivity (Wildman–Crippen MR) is 90.6 cm³/mol. The highest BCUT2D eigenvalue weighted by atomic mass is 16.6. The molecule has 0 rings (SSSR count). The zero-order valence-electron chi connectivity index (χ0n) is 14.9. The van der Waals surface area contributed by atoms with E-state index in [1.807, 2.05) is 0 Å². The number of unbranched alkanes of at least 4 members (excludes halogenated alkanes) is 1. The van der Waals surface area contributed by atoms with Crippen molar-refractivity contribution < 1.29 is 23.9 Å². The van der Waals surface area contributed by atoms with Gasteiger partial charge in [-0.1, -0.05) is 12.7 Å². The molecule has 0 radical (unpaired) electrons. The summed E-state index contributed by atoms with van der Waals surface area (Å²) in [5, 5.41) is 7.65. The second kappa shape index (κ2) is 11.3. The summed E-state index contributed by atoms with van der Waals surface area (Å²) in [5.41, 5.74) is -0.632. The van der Waals surface area contributed by atoms with Crippen LogP contribution in [-0.4, -0.2) is 49.9 Å². The number of rotatable bonds is 9. The molecule has 0 bridgehead atoms. The summed E-state index contributed by atoms with van der Waals surface area (Å²) in [6, 6.07) is -0.683. The van der Waals surface area contributed by atoms with Crippen molar-refractivity contribution in [3.8, 4) is 0 Å². The Hall–Kier alpha value is -2.25. The molecular formula is C16H29N3O5. The van der Waals surface area contributed by atoms with Crippen molar-refractivity contribution in [3.05, 3.63) is 12.7 Å². The Balaban J connectivity index is 4.17. The van der Waals surface area contributed by atoms with Crippen LogP contribution in [-0.2, 0) is 14.3 Å². The van der Waals surface area contributed by atoms with Crippen LogP contribution in [0.3, 0.4) is 0 Å². The third-order valence-corrected chi connectivity index (χ3v) is 2.78. The van der Waals surface area contributed by atoms with Crippen molar-refractivity contribution >= 4 is 18.1 Å². The van der Waals surface area contributed by atoms with Gasteiger partial charge in [0.05, 0.1) is 0 Å². The molecule has 0 spiro atoms. The zero-order valence-corrected chi connectivity index (χ0v) is 14.9. The Morgan fingerprint density at radius 1 is 1.17 bits per heavy atom. The molecule has 1 atom stereocenters. The Kier molecular flexibility index (Phi) is 10.3. The molecule has 24 heavy (non-hydrogen) atoms. The van der Waals surface area contributed by atoms with Crippen LogP contribution in [0.4, 0.5) is 9.59 Å². The number of likely N-dealkylation sites (N-methyl/N-ethyl adjacent to an activating group) is 1. The van der Waals surface area contributed by atoms with Crippen molar-refractivity contribution in [2.45, 2.75) is 51.7 Å². The van der Waals surface area contributed by atoms with Gasteiger partial charge in [0.15, 0.2) is 0 Å². The van der Waals surface area contributed by atoms with Crippen LogP contribution in [0.15, 0.2) is 12.7 Å². The summed E-state index contributed by atoms with van der Waals surface area (Å²) in [6.07, 6.45) is 2.05. The standard InChI is InChI=1S/C16H29N3O5/c1-6-11-23-14(21)18-10-8-7-9-12(13(20)17-5)19-15(22)24-16(2,3)4/h6,12H,1,7-11H2,2-5H3,(H,17,20)(H,18,21)(H,19,22)/t12-/m1/s1. The first-order chi connectivity index (χ1) is 11.2. The monoisotopic (exact) mass is 343 g/mol. The molecule has 0 aromatic carbocycles. The quantitative estimate of drug-likeness (QED) is 0.436. The average molecular weight is 343 g/mol. The van der Waals surface area contributed by atoms with Gasteiger partial charge >= 0.3 is 12.2 Å². The number of carbonyl (C=O) groups is 3. The molecule has 0 aliphatic heterocycles. The van der Waals surface area contributed by atoms with Crippen molar-refractivity contribution in [2.75, 3.05) is 20.2 Å². The maximum absolute atomic E-state index is 11.8. The van der Waals surface area contributed by atoms with E-state index in [4.69, 9.17) is 9.47 Å². The maximum atomic E-state index is 11.8. The molecule has 0 unspecified atom stereocenters. The van der Waals surface area contributed by atoms with E-state index in [0.717, 1.165) is 0 Å². The van der Waals surface area contributed by atoms with Gasteiger partial charge in [0, 0.05) is 13.6 Å². The number of nitrogens with one attached hydrogen (secondary N) is 3. The number of carbonyl (C=O) groups excluding carboxylic acids is 3. The molecule has 0 aliphatic rings. The van der Waals surface area contributed by atoms with Gasteiger partial charge in [-0.05, 0) is 40.0 Å². The van der Waals surface area contributed by atoms with E-state index in [9.17, 15) is 14.4 Å². The minimum absolute atomic E-state index is 0.157. The maximum Gasteiger partial charge on any atom is 0.408 e. The van der Waals surface area contributed by atoms with E-state index >= 15 is 0 Å². The molecular weight excluding hydrogens is 314 g/mol. The van der Waals surface area contributed by atoms with Gasteiger partial charge in [0.2, 0.25) is 5.91 Å². The normalized spacial score (nSPS) is 11.8. The van der Waals surface area contributed by atoms with E-state index in [2.05, 4.69) is 22.5 Å². The zero-order chi connectivity index (χ0) is 18.6. The molecule has 8 heteroatoms. The van der Waals surface area contributed by atoms with Crippen LogP contribution in [0.25, 0.3) is 0 Å². The van der Waals surface area contributed by atoms with Gasteiger partial charge in [-0.25, -0.2) is 9.59 Å². The van der Waals surface area contributed by atoms with E-state index in [0.29, 0.717) is 25.8 Å². The number of hydrogen-bond acceptors (Lipinski definition) is 5. The summed E-state index contributed by atoms with van der Waals surface area (Å²) in [5.74, 6) is -0.292. The highest BCUT2D eigenvalue weighted by Crippen LogP contribution is 2.08. The number of hydrogen-bond donors (Lipinski definition) is 3. The minimum atomic E-state index is -0.683. The second-order valence-electron chi connectivity index (χ2n) is 6.12. The molecule has 0 fully saturated rings. The third-order valence-electron chi connectivity index (χ3n) is 2.78. The van der Waals surface area contributed by atoms with Gasteiger partial charge in [0.25, 0.3) is 0 Å². The van der Waals surface area contributed by atoms with Crippen LogP contribution in [0.2, 0.25) is 0 Å². The highest BCUT2D eigenvalue weighted by Gasteiger charge is 2.23. The Bertz CT molecular complexity index is 432. The minimum Gasteiger partial charge on any atom is -0.445 e. The number of ether oxygens (including phenoxy) is 2. The lowest BCUT2D eigenvalue weighted by molar-refractivity contribution is -0.122. The first-order valence-corrected chi connectivity index (χ1v) is 7.92. The summed E-state index contributed by atoms with van der Waals surface area (Å²) in [4.78, 5) is 34.8. The van der Waals surface area contributed by atoms with Gasteiger partial charge in [0.1, 0.15) is 18.2 Å². The summed E-state index contributed by atoms with van der Waals surface area (Å²) in [6.45, 7) is 9.27. The molecule has 0 aromatic rings. The van der Waals surface area contributed by atoms with Crippen LogP contribution in [0.5, 0.6) is 0 Å². The lowest BCUT2D eigenvalue weighted by Crippen LogP contribution is -2.47.